The molecule has 0 bridgehead atoms. The van der Waals surface area contributed by atoms with Crippen LogP contribution in [0.15, 0.2) is 97.1 Å². The van der Waals surface area contributed by atoms with E-state index in [0.717, 1.165) is 38.2 Å². The van der Waals surface area contributed by atoms with Crippen LogP contribution in [0.3, 0.4) is 0 Å². The van der Waals surface area contributed by atoms with Crippen LogP contribution in [-0.2, 0) is 9.59 Å². The predicted octanol–water partition coefficient (Wildman–Crippen LogP) is 5.75. The number of benzene rings is 4. The van der Waals surface area contributed by atoms with Gasteiger partial charge in [-0.25, -0.2) is 0 Å². The largest absolute Gasteiger partial charge is 0.290 e. The van der Waals surface area contributed by atoms with Crippen LogP contribution in [0.2, 0.25) is 0 Å². The van der Waals surface area contributed by atoms with Crippen LogP contribution in [0.4, 0.5) is 0 Å². The Labute approximate surface area is 162 Å². The maximum atomic E-state index is 12.7. The molecule has 4 aromatic carbocycles. The van der Waals surface area contributed by atoms with Crippen LogP contribution in [-0.4, -0.2) is 11.6 Å². The molecule has 0 unspecified atom stereocenters. The van der Waals surface area contributed by atoms with Crippen LogP contribution in [0.25, 0.3) is 38.2 Å². The van der Waals surface area contributed by atoms with E-state index < -0.39 is 0 Å². The topological polar surface area (TPSA) is 34.1 Å². The van der Waals surface area contributed by atoms with Gasteiger partial charge in [0, 0.05) is 11.1 Å². The molecule has 5 rings (SSSR count). The Hall–Kier alpha value is -3.78. The average Bonchev–Trinajstić information content (AvgIpc) is 2.74. The third kappa shape index (κ3) is 2.67. The highest BCUT2D eigenvalue weighted by atomic mass is 16.1. The minimum atomic E-state index is -0.161. The molecule has 0 aromatic heterocycles. The summed E-state index contributed by atoms with van der Waals surface area (Å²) in [6, 6.07) is 26.5. The summed E-state index contributed by atoms with van der Waals surface area (Å²) < 4.78 is 0. The molecule has 0 N–H and O–H groups in total. The highest BCUT2D eigenvalue weighted by Gasteiger charge is 2.21. The second-order valence-corrected chi connectivity index (χ2v) is 6.93. The molecule has 0 radical (unpaired) electrons. The van der Waals surface area contributed by atoms with Crippen molar-refractivity contribution in [3.63, 3.8) is 0 Å². The lowest BCUT2D eigenvalue weighted by Crippen LogP contribution is -2.08. The maximum absolute atomic E-state index is 12.7. The first-order valence-corrected chi connectivity index (χ1v) is 9.20. The Morgan fingerprint density at radius 2 is 1.32 bits per heavy atom. The zero-order valence-corrected chi connectivity index (χ0v) is 15.1. The Bertz CT molecular complexity index is 1320. The van der Waals surface area contributed by atoms with E-state index in [9.17, 15) is 9.59 Å². The molecule has 0 spiro atoms. The van der Waals surface area contributed by atoms with E-state index >= 15 is 0 Å². The van der Waals surface area contributed by atoms with Gasteiger partial charge in [0.2, 0.25) is 0 Å². The van der Waals surface area contributed by atoms with Gasteiger partial charge < -0.3 is 0 Å². The molecule has 1 aliphatic carbocycles. The molecule has 0 atom stereocenters. The quantitative estimate of drug-likeness (QED) is 0.337. The molecular weight excluding hydrogens is 344 g/mol. The second kappa shape index (κ2) is 6.43. The number of carbonyl (C=O) groups excluding carboxylic acids is 2. The van der Waals surface area contributed by atoms with Gasteiger partial charge in [-0.15, -0.1) is 0 Å². The summed E-state index contributed by atoms with van der Waals surface area (Å²) in [6.07, 6.45) is 4.15. The van der Waals surface area contributed by atoms with E-state index in [0.29, 0.717) is 5.57 Å². The summed E-state index contributed by atoms with van der Waals surface area (Å²) in [5, 5.41) is 4.27. The molecule has 0 saturated heterocycles. The number of hydrogen-bond acceptors (Lipinski definition) is 2. The predicted molar refractivity (Wildman–Crippen MR) is 114 cm³/mol. The second-order valence-electron chi connectivity index (χ2n) is 6.93. The molecule has 2 heteroatoms. The maximum Gasteiger partial charge on any atom is 0.186 e. The Morgan fingerprint density at radius 3 is 2.11 bits per heavy atom. The minimum absolute atomic E-state index is 0.141. The van der Waals surface area contributed by atoms with Gasteiger partial charge in [0.05, 0.1) is 0 Å². The van der Waals surface area contributed by atoms with Crippen molar-refractivity contribution in [3.05, 3.63) is 103 Å². The number of hydrogen-bond donors (Lipinski definition) is 0. The SMILES string of the molecule is O=C1C=CC(=O)C(c2c(-c3ccccc3)ccc3cc4ccccc4cc23)=C1. The van der Waals surface area contributed by atoms with Crippen molar-refractivity contribution in [3.8, 4) is 11.1 Å². The van der Waals surface area contributed by atoms with E-state index in [2.05, 4.69) is 30.3 Å². The van der Waals surface area contributed by atoms with Gasteiger partial charge in [-0.3, -0.25) is 9.59 Å². The van der Waals surface area contributed by atoms with Crippen molar-refractivity contribution in [1.82, 2.24) is 0 Å². The molecule has 0 saturated carbocycles. The third-order valence-corrected chi connectivity index (χ3v) is 5.19. The van der Waals surface area contributed by atoms with Crippen molar-refractivity contribution in [1.29, 1.82) is 0 Å². The lowest BCUT2D eigenvalue weighted by atomic mass is 9.85. The summed E-state index contributed by atoms with van der Waals surface area (Å²) >= 11 is 0. The van der Waals surface area contributed by atoms with E-state index in [-0.39, 0.29) is 11.6 Å². The number of allylic oxidation sites excluding steroid dienone is 4. The monoisotopic (exact) mass is 360 g/mol. The van der Waals surface area contributed by atoms with Gasteiger partial charge in [0.25, 0.3) is 0 Å². The summed E-state index contributed by atoms with van der Waals surface area (Å²) in [7, 11) is 0. The zero-order valence-electron chi connectivity index (χ0n) is 15.1. The van der Waals surface area contributed by atoms with Crippen LogP contribution in [0.1, 0.15) is 5.56 Å². The van der Waals surface area contributed by atoms with Gasteiger partial charge in [-0.1, -0.05) is 66.7 Å². The first kappa shape index (κ1) is 16.4. The number of carbonyl (C=O) groups is 2. The van der Waals surface area contributed by atoms with E-state index in [4.69, 9.17) is 0 Å². The van der Waals surface area contributed by atoms with Crippen molar-refractivity contribution in [2.45, 2.75) is 0 Å². The highest BCUT2D eigenvalue weighted by Crippen LogP contribution is 2.38. The molecule has 0 heterocycles. The molecule has 0 amide bonds. The first-order valence-electron chi connectivity index (χ1n) is 9.20. The third-order valence-electron chi connectivity index (χ3n) is 5.19. The zero-order chi connectivity index (χ0) is 19.1. The lowest BCUT2D eigenvalue weighted by Gasteiger charge is -2.17. The fourth-order valence-corrected chi connectivity index (χ4v) is 3.87. The number of rotatable bonds is 2. The normalized spacial score (nSPS) is 13.9. The van der Waals surface area contributed by atoms with Crippen LogP contribution in [0.5, 0.6) is 0 Å². The van der Waals surface area contributed by atoms with Gasteiger partial charge in [-0.05, 0) is 63.0 Å². The van der Waals surface area contributed by atoms with Crippen LogP contribution >= 0.6 is 0 Å². The molecule has 4 aromatic rings. The molecule has 0 aliphatic heterocycles. The van der Waals surface area contributed by atoms with E-state index in [1.54, 1.807) is 0 Å². The fraction of sp³-hybridized carbons (Fsp3) is 0. The number of fused-ring (bicyclic) bond motifs is 2. The molecular formula is C26H16O2. The summed E-state index contributed by atoms with van der Waals surface area (Å²) in [5.74, 6) is -0.302. The molecule has 2 nitrogen and oxygen atoms in total. The Kier molecular flexibility index (Phi) is 3.77. The van der Waals surface area contributed by atoms with Crippen LogP contribution in [0, 0.1) is 0 Å². The van der Waals surface area contributed by atoms with Crippen molar-refractivity contribution in [2.75, 3.05) is 0 Å². The smallest absolute Gasteiger partial charge is 0.186 e. The Balaban J connectivity index is 1.91. The minimum Gasteiger partial charge on any atom is -0.290 e. The lowest BCUT2D eigenvalue weighted by molar-refractivity contribution is -0.113. The molecule has 0 fully saturated rings. The molecule has 28 heavy (non-hydrogen) atoms. The summed E-state index contributed by atoms with van der Waals surface area (Å²) in [4.78, 5) is 24.8. The van der Waals surface area contributed by atoms with Crippen molar-refractivity contribution < 1.29 is 9.59 Å². The fourth-order valence-electron chi connectivity index (χ4n) is 3.87. The highest BCUT2D eigenvalue weighted by molar-refractivity contribution is 6.36. The first-order chi connectivity index (χ1) is 13.7. The van der Waals surface area contributed by atoms with Gasteiger partial charge in [0.15, 0.2) is 11.6 Å². The number of ketones is 2. The standard InChI is InChI=1S/C26H16O2/c27-21-11-13-25(28)24(16-21)26-22(17-6-2-1-3-7-17)12-10-20-14-18-8-4-5-9-19(18)15-23(20)26/h1-16H. The summed E-state index contributed by atoms with van der Waals surface area (Å²) in [5.41, 5.74) is 3.23. The van der Waals surface area contributed by atoms with E-state index in [1.165, 1.54) is 18.2 Å². The molecule has 1 aliphatic rings. The average molecular weight is 360 g/mol. The molecule has 132 valence electrons. The Morgan fingerprint density at radius 1 is 0.607 bits per heavy atom. The summed E-state index contributed by atoms with van der Waals surface area (Å²) in [6.45, 7) is 0. The van der Waals surface area contributed by atoms with Crippen LogP contribution < -0.4 is 0 Å². The van der Waals surface area contributed by atoms with Gasteiger partial charge in [0.1, 0.15) is 0 Å². The van der Waals surface area contributed by atoms with Crippen molar-refractivity contribution >= 4 is 38.7 Å². The van der Waals surface area contributed by atoms with Crippen molar-refractivity contribution in [2.24, 2.45) is 0 Å². The van der Waals surface area contributed by atoms with Gasteiger partial charge in [-0.2, -0.15) is 0 Å². The van der Waals surface area contributed by atoms with E-state index in [1.807, 2.05) is 48.5 Å². The van der Waals surface area contributed by atoms with Gasteiger partial charge >= 0.3 is 0 Å².